The van der Waals surface area contributed by atoms with Gasteiger partial charge in [-0.2, -0.15) is 0 Å². The summed E-state index contributed by atoms with van der Waals surface area (Å²) in [5.74, 6) is 0.321. The lowest BCUT2D eigenvalue weighted by Crippen LogP contribution is -2.26. The first-order valence-corrected chi connectivity index (χ1v) is 18.3. The van der Waals surface area contributed by atoms with E-state index in [0.29, 0.717) is 5.92 Å². The quantitative estimate of drug-likeness (QED) is 0.181. The molecule has 3 aliphatic rings. The molecule has 1 unspecified atom stereocenters. The molecule has 0 bridgehead atoms. The molecule has 0 aliphatic heterocycles. The number of nitrogens with zero attached hydrogens (tertiary/aromatic N) is 1. The molecular formula is C51H35N. The van der Waals surface area contributed by atoms with Gasteiger partial charge >= 0.3 is 0 Å². The Labute approximate surface area is 305 Å². The Bertz CT molecular complexity index is 2660. The topological polar surface area (TPSA) is 3.24 Å². The molecule has 0 saturated heterocycles. The van der Waals surface area contributed by atoms with Gasteiger partial charge in [0.25, 0.3) is 0 Å². The molecule has 52 heavy (non-hydrogen) atoms. The summed E-state index contributed by atoms with van der Waals surface area (Å²) in [5.41, 5.74) is 21.6. The predicted octanol–water partition coefficient (Wildman–Crippen LogP) is 13.3. The molecule has 0 radical (unpaired) electrons. The zero-order valence-electron chi connectivity index (χ0n) is 28.9. The first-order chi connectivity index (χ1) is 25.7. The van der Waals surface area contributed by atoms with Crippen LogP contribution in [0.1, 0.15) is 46.2 Å². The highest BCUT2D eigenvalue weighted by Crippen LogP contribution is 2.63. The number of para-hydroxylation sites is 1. The van der Waals surface area contributed by atoms with Crippen molar-refractivity contribution < 1.29 is 0 Å². The van der Waals surface area contributed by atoms with E-state index in [0.717, 1.165) is 11.4 Å². The fourth-order valence-electron chi connectivity index (χ4n) is 9.76. The first-order valence-electron chi connectivity index (χ1n) is 18.3. The molecule has 244 valence electrons. The van der Waals surface area contributed by atoms with E-state index >= 15 is 0 Å². The van der Waals surface area contributed by atoms with Gasteiger partial charge in [0, 0.05) is 22.9 Å². The molecule has 0 N–H and O–H groups in total. The maximum atomic E-state index is 2.50. The van der Waals surface area contributed by atoms with Crippen molar-refractivity contribution in [3.63, 3.8) is 0 Å². The Hall–Kier alpha value is -6.44. The summed E-state index contributed by atoms with van der Waals surface area (Å²) in [6, 6.07) is 70.1. The molecule has 3 aliphatic carbocycles. The summed E-state index contributed by atoms with van der Waals surface area (Å²) < 4.78 is 0. The molecule has 0 amide bonds. The van der Waals surface area contributed by atoms with E-state index in [1.54, 1.807) is 0 Å². The van der Waals surface area contributed by atoms with Gasteiger partial charge in [0.15, 0.2) is 0 Å². The largest absolute Gasteiger partial charge is 0.310 e. The minimum absolute atomic E-state index is 0.321. The standard InChI is InChI=1S/C51H35N/c1-33-37-17-5-6-19-39(37)40-29-27-35(31-45(33)40)52(50-26-14-10-18-38(50)34-15-3-2-4-16-34)36-28-30-44-43-22-9-13-25-48(43)51(49(44)32-36)46-23-11-7-20-41(46)42-21-8-12-24-47(42)51/h2-33H,1H3. The van der Waals surface area contributed by atoms with E-state index < -0.39 is 5.41 Å². The van der Waals surface area contributed by atoms with E-state index in [1.807, 2.05) is 0 Å². The molecule has 1 heteroatoms. The number of benzene rings is 8. The van der Waals surface area contributed by atoms with Crippen LogP contribution < -0.4 is 4.90 Å². The highest BCUT2D eigenvalue weighted by Gasteiger charge is 2.51. The fraction of sp³-hybridized carbons (Fsp3) is 0.0588. The minimum Gasteiger partial charge on any atom is -0.310 e. The maximum Gasteiger partial charge on any atom is 0.0726 e. The number of hydrogen-bond donors (Lipinski definition) is 0. The van der Waals surface area contributed by atoms with Crippen molar-refractivity contribution in [1.82, 2.24) is 0 Å². The third-order valence-electron chi connectivity index (χ3n) is 11.9. The van der Waals surface area contributed by atoms with Crippen LogP contribution >= 0.6 is 0 Å². The van der Waals surface area contributed by atoms with Gasteiger partial charge in [-0.25, -0.2) is 0 Å². The lowest BCUT2D eigenvalue weighted by atomic mass is 9.70. The average molecular weight is 662 g/mol. The second kappa shape index (κ2) is 11.0. The molecule has 8 aromatic rings. The highest BCUT2D eigenvalue weighted by molar-refractivity contribution is 5.97. The van der Waals surface area contributed by atoms with Gasteiger partial charge in [0.1, 0.15) is 0 Å². The Kier molecular flexibility index (Phi) is 6.22. The summed E-state index contributed by atoms with van der Waals surface area (Å²) in [4.78, 5) is 2.50. The maximum absolute atomic E-state index is 2.50. The summed E-state index contributed by atoms with van der Waals surface area (Å²) in [7, 11) is 0. The van der Waals surface area contributed by atoms with Crippen LogP contribution in [0.25, 0.3) is 44.5 Å². The van der Waals surface area contributed by atoms with E-state index in [4.69, 9.17) is 0 Å². The fourth-order valence-corrected chi connectivity index (χ4v) is 9.76. The Morgan fingerprint density at radius 2 is 0.827 bits per heavy atom. The number of fused-ring (bicyclic) bond motifs is 13. The number of anilines is 3. The van der Waals surface area contributed by atoms with Crippen molar-refractivity contribution in [3.05, 3.63) is 221 Å². The number of rotatable bonds is 4. The predicted molar refractivity (Wildman–Crippen MR) is 216 cm³/mol. The zero-order chi connectivity index (χ0) is 34.4. The monoisotopic (exact) mass is 661 g/mol. The summed E-state index contributed by atoms with van der Waals surface area (Å²) in [6.07, 6.45) is 0. The Morgan fingerprint density at radius 1 is 0.365 bits per heavy atom. The number of hydrogen-bond acceptors (Lipinski definition) is 1. The van der Waals surface area contributed by atoms with E-state index in [-0.39, 0.29) is 0 Å². The first kappa shape index (κ1) is 29.3. The van der Waals surface area contributed by atoms with Gasteiger partial charge in [-0.1, -0.05) is 165 Å². The normalized spacial score (nSPS) is 15.0. The van der Waals surface area contributed by atoms with Gasteiger partial charge in [0.05, 0.1) is 11.1 Å². The molecule has 1 atom stereocenters. The lowest BCUT2D eigenvalue weighted by molar-refractivity contribution is 0.793. The SMILES string of the molecule is CC1c2ccccc2-c2ccc(N(c3ccc4c(c3)C3(c5ccccc5-c5ccccc53)c3ccccc3-4)c3ccccc3-c3ccccc3)cc21. The van der Waals surface area contributed by atoms with Gasteiger partial charge in [0.2, 0.25) is 0 Å². The van der Waals surface area contributed by atoms with Crippen LogP contribution in [0.5, 0.6) is 0 Å². The summed E-state index contributed by atoms with van der Waals surface area (Å²) >= 11 is 0. The van der Waals surface area contributed by atoms with Crippen molar-refractivity contribution in [1.29, 1.82) is 0 Å². The summed E-state index contributed by atoms with van der Waals surface area (Å²) in [6.45, 7) is 2.35. The third-order valence-corrected chi connectivity index (χ3v) is 11.9. The molecule has 1 spiro atoms. The van der Waals surface area contributed by atoms with E-state index in [9.17, 15) is 0 Å². The van der Waals surface area contributed by atoms with Crippen LogP contribution in [0.2, 0.25) is 0 Å². The van der Waals surface area contributed by atoms with E-state index in [2.05, 4.69) is 200 Å². The lowest BCUT2D eigenvalue weighted by Gasteiger charge is -2.33. The second-order valence-electron chi connectivity index (χ2n) is 14.4. The van der Waals surface area contributed by atoms with Crippen LogP contribution in [-0.2, 0) is 5.41 Å². The minimum atomic E-state index is -0.409. The van der Waals surface area contributed by atoms with Crippen LogP contribution in [-0.4, -0.2) is 0 Å². The molecule has 0 aromatic heterocycles. The Balaban J connectivity index is 1.19. The molecule has 1 nitrogen and oxygen atoms in total. The average Bonchev–Trinajstić information content (AvgIpc) is 3.79. The van der Waals surface area contributed by atoms with Gasteiger partial charge in [-0.05, 0) is 103 Å². The van der Waals surface area contributed by atoms with Crippen molar-refractivity contribution in [2.75, 3.05) is 4.90 Å². The van der Waals surface area contributed by atoms with Gasteiger partial charge in [-0.15, -0.1) is 0 Å². The van der Waals surface area contributed by atoms with Crippen molar-refractivity contribution >= 4 is 17.1 Å². The van der Waals surface area contributed by atoms with Gasteiger partial charge < -0.3 is 4.90 Å². The summed E-state index contributed by atoms with van der Waals surface area (Å²) in [5, 5.41) is 0. The molecule has 0 saturated carbocycles. The van der Waals surface area contributed by atoms with Crippen LogP contribution in [0.15, 0.2) is 188 Å². The molecule has 0 heterocycles. The smallest absolute Gasteiger partial charge is 0.0726 e. The molecule has 0 fully saturated rings. The van der Waals surface area contributed by atoms with Crippen molar-refractivity contribution in [2.24, 2.45) is 0 Å². The van der Waals surface area contributed by atoms with Crippen LogP contribution in [0.3, 0.4) is 0 Å². The molecule has 8 aromatic carbocycles. The molecule has 11 rings (SSSR count). The van der Waals surface area contributed by atoms with Crippen molar-refractivity contribution in [2.45, 2.75) is 18.3 Å². The van der Waals surface area contributed by atoms with E-state index in [1.165, 1.54) is 83.6 Å². The van der Waals surface area contributed by atoms with Gasteiger partial charge in [-0.3, -0.25) is 0 Å². The Morgan fingerprint density at radius 3 is 1.48 bits per heavy atom. The zero-order valence-corrected chi connectivity index (χ0v) is 28.9. The third kappa shape index (κ3) is 3.88. The van der Waals surface area contributed by atoms with Crippen molar-refractivity contribution in [3.8, 4) is 44.5 Å². The second-order valence-corrected chi connectivity index (χ2v) is 14.4. The highest BCUT2D eigenvalue weighted by atomic mass is 15.1. The van der Waals surface area contributed by atoms with Crippen LogP contribution in [0.4, 0.5) is 17.1 Å². The molecular weight excluding hydrogens is 627 g/mol. The van der Waals surface area contributed by atoms with Crippen LogP contribution in [0, 0.1) is 0 Å².